The third-order valence-electron chi connectivity index (χ3n) is 6.72. The Kier molecular flexibility index (Phi) is 8.17. The molecule has 0 bridgehead atoms. The molecule has 0 radical (unpaired) electrons. The first-order valence-electron chi connectivity index (χ1n) is 12.2. The van der Waals surface area contributed by atoms with Crippen molar-refractivity contribution >= 4 is 46.1 Å². The highest BCUT2D eigenvalue weighted by Crippen LogP contribution is 2.37. The Hall–Kier alpha value is -3.09. The van der Waals surface area contributed by atoms with Crippen molar-refractivity contribution in [1.82, 2.24) is 9.47 Å². The summed E-state index contributed by atoms with van der Waals surface area (Å²) in [7, 11) is 1.61. The van der Waals surface area contributed by atoms with Crippen LogP contribution < -0.4 is 15.2 Å². The molecule has 1 aromatic carbocycles. The minimum atomic E-state index is -0.277. The summed E-state index contributed by atoms with van der Waals surface area (Å²) in [4.78, 5) is 31.0. The third kappa shape index (κ3) is 5.06. The van der Waals surface area contributed by atoms with Gasteiger partial charge in [0.05, 0.1) is 18.6 Å². The first-order chi connectivity index (χ1) is 17.4. The predicted molar refractivity (Wildman–Crippen MR) is 148 cm³/mol. The topological polar surface area (TPSA) is 78.6 Å². The summed E-state index contributed by atoms with van der Waals surface area (Å²) < 4.78 is 7.39. The van der Waals surface area contributed by atoms with E-state index in [4.69, 9.17) is 17.0 Å². The average molecular weight is 523 g/mol. The Morgan fingerprint density at radius 3 is 2.39 bits per heavy atom. The molecule has 0 aliphatic carbocycles. The van der Waals surface area contributed by atoms with Crippen molar-refractivity contribution in [1.29, 1.82) is 5.26 Å². The van der Waals surface area contributed by atoms with Crippen LogP contribution in [0.3, 0.4) is 0 Å². The van der Waals surface area contributed by atoms with Gasteiger partial charge in [-0.2, -0.15) is 5.26 Å². The first-order valence-corrected chi connectivity index (χ1v) is 13.4. The monoisotopic (exact) mass is 522 g/mol. The van der Waals surface area contributed by atoms with Gasteiger partial charge in [0.1, 0.15) is 27.5 Å². The Balaban J connectivity index is 1.77. The number of thiocarbonyl (C=S) groups is 1. The number of pyridine rings is 1. The van der Waals surface area contributed by atoms with Gasteiger partial charge in [-0.05, 0) is 56.0 Å². The number of methoxy groups -OCH3 is 1. The fourth-order valence-electron chi connectivity index (χ4n) is 4.74. The molecule has 2 aliphatic rings. The van der Waals surface area contributed by atoms with Gasteiger partial charge in [0.2, 0.25) is 0 Å². The lowest BCUT2D eigenvalue weighted by Crippen LogP contribution is -2.35. The number of aromatic nitrogens is 1. The summed E-state index contributed by atoms with van der Waals surface area (Å²) in [5.74, 6) is 1.37. The summed E-state index contributed by atoms with van der Waals surface area (Å²) >= 11 is 6.83. The molecule has 0 spiro atoms. The highest BCUT2D eigenvalue weighted by Gasteiger charge is 2.33. The largest absolute Gasteiger partial charge is 0.497 e. The van der Waals surface area contributed by atoms with Crippen molar-refractivity contribution in [3.8, 4) is 11.8 Å². The van der Waals surface area contributed by atoms with E-state index < -0.39 is 0 Å². The lowest BCUT2D eigenvalue weighted by molar-refractivity contribution is -0.122. The van der Waals surface area contributed by atoms with Gasteiger partial charge >= 0.3 is 0 Å². The molecular weight excluding hydrogens is 492 g/mol. The van der Waals surface area contributed by atoms with Gasteiger partial charge in [0, 0.05) is 25.2 Å². The molecular formula is C27H30N4O3S2. The van der Waals surface area contributed by atoms with E-state index in [1.54, 1.807) is 23.5 Å². The fourth-order valence-corrected chi connectivity index (χ4v) is 5.98. The zero-order valence-electron chi connectivity index (χ0n) is 20.9. The van der Waals surface area contributed by atoms with Crippen molar-refractivity contribution in [3.05, 3.63) is 61.8 Å². The number of hydrogen-bond donors (Lipinski definition) is 0. The van der Waals surface area contributed by atoms with E-state index in [9.17, 15) is 14.9 Å². The number of nitriles is 1. The van der Waals surface area contributed by atoms with Crippen LogP contribution in [0.2, 0.25) is 0 Å². The Morgan fingerprint density at radius 1 is 1.14 bits per heavy atom. The van der Waals surface area contributed by atoms with Gasteiger partial charge in [-0.1, -0.05) is 49.0 Å². The minimum Gasteiger partial charge on any atom is -0.497 e. The summed E-state index contributed by atoms with van der Waals surface area (Å²) in [6.07, 6.45) is 6.22. The van der Waals surface area contributed by atoms with E-state index in [1.807, 2.05) is 37.3 Å². The second-order valence-electron chi connectivity index (χ2n) is 8.92. The lowest BCUT2D eigenvalue weighted by Gasteiger charge is -2.29. The maximum absolute atomic E-state index is 13.5. The molecule has 0 unspecified atom stereocenters. The van der Waals surface area contributed by atoms with Crippen LogP contribution in [0.15, 0.2) is 34.0 Å². The second-order valence-corrected chi connectivity index (χ2v) is 10.6. The Labute approximate surface area is 221 Å². The van der Waals surface area contributed by atoms with E-state index >= 15 is 0 Å². The summed E-state index contributed by atoms with van der Waals surface area (Å²) in [5, 5.41) is 9.78. The van der Waals surface area contributed by atoms with Gasteiger partial charge in [0.15, 0.2) is 0 Å². The number of carbonyl (C=O) groups excluding carboxylic acids is 1. The average Bonchev–Trinajstić information content (AvgIpc) is 3.05. The van der Waals surface area contributed by atoms with Crippen molar-refractivity contribution in [2.45, 2.75) is 52.6 Å². The molecule has 188 valence electrons. The molecule has 0 N–H and O–H groups in total. The summed E-state index contributed by atoms with van der Waals surface area (Å²) in [6.45, 7) is 6.19. The molecule has 1 amide bonds. The molecule has 0 saturated carbocycles. The number of thioether (sulfide) groups is 1. The number of amides is 1. The number of anilines is 1. The van der Waals surface area contributed by atoms with Gasteiger partial charge in [-0.25, -0.2) is 0 Å². The number of benzene rings is 1. The maximum Gasteiger partial charge on any atom is 0.270 e. The van der Waals surface area contributed by atoms with Crippen molar-refractivity contribution in [3.63, 3.8) is 0 Å². The SMILES string of the molecule is CCn1c(N2CCCCCC2)c(/C=C2\SC(=S)N(Cc3ccc(OC)cc3)C2=O)c(C)c(C#N)c1=O. The molecule has 7 nitrogen and oxygen atoms in total. The van der Waals surface area contributed by atoms with Crippen LogP contribution in [0.4, 0.5) is 5.82 Å². The summed E-state index contributed by atoms with van der Waals surface area (Å²) in [5.41, 5.74) is 2.14. The molecule has 2 aromatic rings. The van der Waals surface area contributed by atoms with Crippen molar-refractivity contribution < 1.29 is 9.53 Å². The number of nitrogens with zero attached hydrogens (tertiary/aromatic N) is 4. The van der Waals surface area contributed by atoms with Crippen molar-refractivity contribution in [2.24, 2.45) is 0 Å². The molecule has 4 rings (SSSR count). The second kappa shape index (κ2) is 11.3. The maximum atomic E-state index is 13.5. The minimum absolute atomic E-state index is 0.121. The summed E-state index contributed by atoms with van der Waals surface area (Å²) in [6, 6.07) is 9.65. The van der Waals surface area contributed by atoms with E-state index in [1.165, 1.54) is 11.8 Å². The standard InChI is InChI=1S/C27H30N4O3S2/c1-4-30-24(29-13-7-5-6-8-14-29)21(18(2)22(16-28)25(30)32)15-23-26(33)31(27(35)36-23)17-19-9-11-20(34-3)12-10-19/h9-12,15H,4-8,13-14,17H2,1-3H3/b23-15-. The molecule has 9 heteroatoms. The number of ether oxygens (including phenoxy) is 1. The molecule has 1 aromatic heterocycles. The van der Waals surface area contributed by atoms with Crippen LogP contribution in [-0.2, 0) is 17.9 Å². The van der Waals surface area contributed by atoms with Gasteiger partial charge in [-0.15, -0.1) is 0 Å². The van der Waals surface area contributed by atoms with Gasteiger partial charge < -0.3 is 9.64 Å². The normalized spacial score (nSPS) is 17.4. The van der Waals surface area contributed by atoms with Crippen LogP contribution in [0.5, 0.6) is 5.75 Å². The van der Waals surface area contributed by atoms with Crippen LogP contribution >= 0.6 is 24.0 Å². The Bertz CT molecular complexity index is 1300. The van der Waals surface area contributed by atoms with Crippen molar-refractivity contribution in [2.75, 3.05) is 25.1 Å². The quantitative estimate of drug-likeness (QED) is 0.397. The smallest absolute Gasteiger partial charge is 0.270 e. The molecule has 0 atom stereocenters. The number of rotatable bonds is 6. The molecule has 3 heterocycles. The predicted octanol–water partition coefficient (Wildman–Crippen LogP) is 4.84. The van der Waals surface area contributed by atoms with E-state index in [0.29, 0.717) is 27.9 Å². The molecule has 2 fully saturated rings. The van der Waals surface area contributed by atoms with Gasteiger partial charge in [0.25, 0.3) is 11.5 Å². The zero-order valence-corrected chi connectivity index (χ0v) is 22.5. The van der Waals surface area contributed by atoms with E-state index in [2.05, 4.69) is 11.0 Å². The molecule has 2 saturated heterocycles. The van der Waals surface area contributed by atoms with Gasteiger partial charge in [-0.3, -0.25) is 19.1 Å². The third-order valence-corrected chi connectivity index (χ3v) is 8.09. The molecule has 2 aliphatic heterocycles. The molecule has 36 heavy (non-hydrogen) atoms. The lowest BCUT2D eigenvalue weighted by atomic mass is 10.0. The van der Waals surface area contributed by atoms with Crippen LogP contribution in [0.25, 0.3) is 6.08 Å². The highest BCUT2D eigenvalue weighted by atomic mass is 32.2. The van der Waals surface area contributed by atoms with Crippen LogP contribution in [0.1, 0.15) is 54.9 Å². The van der Waals surface area contributed by atoms with Crippen LogP contribution in [-0.4, -0.2) is 39.9 Å². The number of carbonyl (C=O) groups is 1. The first kappa shape index (κ1) is 26.0. The number of hydrogen-bond acceptors (Lipinski definition) is 7. The Morgan fingerprint density at radius 2 is 1.81 bits per heavy atom. The highest BCUT2D eigenvalue weighted by molar-refractivity contribution is 8.26. The van der Waals surface area contributed by atoms with E-state index in [0.717, 1.165) is 61.5 Å². The zero-order chi connectivity index (χ0) is 25.8. The van der Waals surface area contributed by atoms with E-state index in [-0.39, 0.29) is 17.0 Å². The fraction of sp³-hybridized carbons (Fsp3) is 0.407. The van der Waals surface area contributed by atoms with Crippen LogP contribution in [0, 0.1) is 18.3 Å².